The normalized spacial score (nSPS) is 11.2. The number of esters is 1. The van der Waals surface area contributed by atoms with E-state index < -0.39 is 5.97 Å². The van der Waals surface area contributed by atoms with Crippen LogP contribution in [-0.4, -0.2) is 29.1 Å². The predicted octanol–water partition coefficient (Wildman–Crippen LogP) is 1.17. The Balaban J connectivity index is 3.19. The molecule has 0 aliphatic carbocycles. The number of carbonyl (C=O) groups is 2. The van der Waals surface area contributed by atoms with Crippen LogP contribution in [0.4, 0.5) is 0 Å². The predicted molar refractivity (Wildman–Crippen MR) is 58.3 cm³/mol. The number of nitrogens with zero attached hydrogens (tertiary/aromatic N) is 2. The Morgan fingerprint density at radius 1 is 1.56 bits per heavy atom. The van der Waals surface area contributed by atoms with E-state index in [9.17, 15) is 9.59 Å². The van der Waals surface area contributed by atoms with Crippen LogP contribution in [0.2, 0.25) is 0 Å². The molecule has 0 radical (unpaired) electrons. The van der Waals surface area contributed by atoms with Gasteiger partial charge in [0.05, 0.1) is 12.6 Å². The van der Waals surface area contributed by atoms with Crippen molar-refractivity contribution >= 4 is 12.3 Å². The molecule has 1 heterocycles. The summed E-state index contributed by atoms with van der Waals surface area (Å²) in [6.45, 7) is 5.89. The highest BCUT2D eigenvalue weighted by Gasteiger charge is 2.22. The largest absolute Gasteiger partial charge is 0.464 e. The summed E-state index contributed by atoms with van der Waals surface area (Å²) in [6, 6.07) is 0. The van der Waals surface area contributed by atoms with Crippen molar-refractivity contribution in [2.75, 3.05) is 7.11 Å². The van der Waals surface area contributed by atoms with Crippen molar-refractivity contribution in [3.8, 4) is 0 Å². The van der Waals surface area contributed by atoms with Crippen LogP contribution < -0.4 is 0 Å². The first-order chi connectivity index (χ1) is 7.40. The minimum Gasteiger partial charge on any atom is -0.464 e. The van der Waals surface area contributed by atoms with E-state index in [0.717, 1.165) is 6.29 Å². The van der Waals surface area contributed by atoms with Crippen LogP contribution in [0.25, 0.3) is 0 Å². The minimum atomic E-state index is -0.514. The molecule has 5 heteroatoms. The summed E-state index contributed by atoms with van der Waals surface area (Å²) in [5.74, 6) is -0.514. The van der Waals surface area contributed by atoms with Crippen molar-refractivity contribution < 1.29 is 14.3 Å². The highest BCUT2D eigenvalue weighted by molar-refractivity contribution is 5.89. The van der Waals surface area contributed by atoms with E-state index in [1.807, 2.05) is 20.8 Å². The van der Waals surface area contributed by atoms with Crippen LogP contribution >= 0.6 is 0 Å². The summed E-state index contributed by atoms with van der Waals surface area (Å²) in [5, 5.41) is 4.15. The van der Waals surface area contributed by atoms with Gasteiger partial charge in [0, 0.05) is 18.2 Å². The minimum absolute atomic E-state index is 0.167. The molecule has 0 atom stereocenters. The SMILES string of the molecule is COC(=O)c1nn(C(C)(C)C)cc1CC=O. The van der Waals surface area contributed by atoms with Gasteiger partial charge in [0.15, 0.2) is 5.69 Å². The van der Waals surface area contributed by atoms with Crippen molar-refractivity contribution in [3.63, 3.8) is 0 Å². The van der Waals surface area contributed by atoms with Crippen LogP contribution in [0, 0.1) is 0 Å². The maximum atomic E-state index is 11.4. The van der Waals surface area contributed by atoms with Gasteiger partial charge < -0.3 is 9.53 Å². The first kappa shape index (κ1) is 12.4. The molecule has 1 aromatic rings. The number of rotatable bonds is 3. The average Bonchev–Trinajstić information content (AvgIpc) is 2.61. The zero-order chi connectivity index (χ0) is 12.3. The van der Waals surface area contributed by atoms with Gasteiger partial charge in [-0.25, -0.2) is 4.79 Å². The highest BCUT2D eigenvalue weighted by atomic mass is 16.5. The van der Waals surface area contributed by atoms with Gasteiger partial charge in [-0.1, -0.05) is 0 Å². The standard InChI is InChI=1S/C11H16N2O3/c1-11(2,3)13-7-8(5-6-14)9(12-13)10(15)16-4/h6-7H,5H2,1-4H3. The second-order valence-electron chi connectivity index (χ2n) is 4.48. The molecule has 0 fully saturated rings. The fraction of sp³-hybridized carbons (Fsp3) is 0.545. The topological polar surface area (TPSA) is 61.2 Å². The lowest BCUT2D eigenvalue weighted by molar-refractivity contribution is -0.107. The maximum Gasteiger partial charge on any atom is 0.358 e. The smallest absolute Gasteiger partial charge is 0.358 e. The van der Waals surface area contributed by atoms with Crippen molar-refractivity contribution in [1.29, 1.82) is 0 Å². The summed E-state index contributed by atoms with van der Waals surface area (Å²) in [6.07, 6.45) is 2.62. The Labute approximate surface area is 94.4 Å². The first-order valence-corrected chi connectivity index (χ1v) is 5.01. The fourth-order valence-electron chi connectivity index (χ4n) is 1.26. The number of methoxy groups -OCH3 is 1. The second-order valence-corrected chi connectivity index (χ2v) is 4.48. The van der Waals surface area contributed by atoms with Crippen molar-refractivity contribution in [2.24, 2.45) is 0 Å². The van der Waals surface area contributed by atoms with Crippen LogP contribution in [0.3, 0.4) is 0 Å². The highest BCUT2D eigenvalue weighted by Crippen LogP contribution is 2.17. The molecule has 0 aromatic carbocycles. The molecule has 0 N–H and O–H groups in total. The first-order valence-electron chi connectivity index (χ1n) is 5.01. The lowest BCUT2D eigenvalue weighted by Gasteiger charge is -2.18. The number of hydrogen-bond donors (Lipinski definition) is 0. The van der Waals surface area contributed by atoms with Gasteiger partial charge >= 0.3 is 5.97 Å². The molecule has 88 valence electrons. The lowest BCUT2D eigenvalue weighted by atomic mass is 10.1. The molecular formula is C11H16N2O3. The Morgan fingerprint density at radius 2 is 2.19 bits per heavy atom. The molecule has 0 unspecified atom stereocenters. The number of ether oxygens (including phenoxy) is 1. The quantitative estimate of drug-likeness (QED) is 0.571. The average molecular weight is 224 g/mol. The van der Waals surface area contributed by atoms with Gasteiger partial charge in [0.2, 0.25) is 0 Å². The molecular weight excluding hydrogens is 208 g/mol. The van der Waals surface area contributed by atoms with E-state index in [0.29, 0.717) is 5.56 Å². The van der Waals surface area contributed by atoms with Crippen LogP contribution in [0.5, 0.6) is 0 Å². The third-order valence-electron chi connectivity index (χ3n) is 2.16. The van der Waals surface area contributed by atoms with E-state index >= 15 is 0 Å². The van der Waals surface area contributed by atoms with E-state index in [2.05, 4.69) is 9.84 Å². The van der Waals surface area contributed by atoms with Gasteiger partial charge in [-0.2, -0.15) is 5.10 Å². The Hall–Kier alpha value is -1.65. The van der Waals surface area contributed by atoms with Gasteiger partial charge in [-0.3, -0.25) is 4.68 Å². The van der Waals surface area contributed by atoms with Crippen molar-refractivity contribution in [2.45, 2.75) is 32.7 Å². The summed E-state index contributed by atoms with van der Waals surface area (Å²) in [5.41, 5.74) is 0.575. The van der Waals surface area contributed by atoms with E-state index in [-0.39, 0.29) is 17.7 Å². The van der Waals surface area contributed by atoms with Crippen LogP contribution in [0.15, 0.2) is 6.20 Å². The summed E-state index contributed by atoms with van der Waals surface area (Å²) < 4.78 is 6.28. The van der Waals surface area contributed by atoms with E-state index in [4.69, 9.17) is 0 Å². The summed E-state index contributed by atoms with van der Waals surface area (Å²) >= 11 is 0. The fourth-order valence-corrected chi connectivity index (χ4v) is 1.26. The Morgan fingerprint density at radius 3 is 2.62 bits per heavy atom. The van der Waals surface area contributed by atoms with Crippen LogP contribution in [-0.2, 0) is 21.5 Å². The molecule has 0 amide bonds. The Bertz CT molecular complexity index is 402. The second kappa shape index (κ2) is 4.47. The van der Waals surface area contributed by atoms with Crippen LogP contribution in [0.1, 0.15) is 36.8 Å². The molecule has 0 aliphatic rings. The third-order valence-corrected chi connectivity index (χ3v) is 2.16. The zero-order valence-corrected chi connectivity index (χ0v) is 9.98. The zero-order valence-electron chi connectivity index (χ0n) is 9.98. The Kier molecular flexibility index (Phi) is 3.47. The molecule has 0 aliphatic heterocycles. The van der Waals surface area contributed by atoms with Crippen molar-refractivity contribution in [1.82, 2.24) is 9.78 Å². The van der Waals surface area contributed by atoms with Gasteiger partial charge in [-0.05, 0) is 20.8 Å². The number of carbonyl (C=O) groups excluding carboxylic acids is 2. The molecule has 5 nitrogen and oxygen atoms in total. The summed E-state index contributed by atoms with van der Waals surface area (Å²) in [4.78, 5) is 21.9. The molecule has 1 aromatic heterocycles. The molecule has 0 saturated carbocycles. The number of aromatic nitrogens is 2. The molecule has 0 bridgehead atoms. The number of aldehydes is 1. The third kappa shape index (κ3) is 2.48. The molecule has 0 spiro atoms. The monoisotopic (exact) mass is 224 g/mol. The molecule has 1 rings (SSSR count). The van der Waals surface area contributed by atoms with Gasteiger partial charge in [0.25, 0.3) is 0 Å². The lowest BCUT2D eigenvalue weighted by Crippen LogP contribution is -2.22. The summed E-state index contributed by atoms with van der Waals surface area (Å²) in [7, 11) is 1.29. The molecule has 16 heavy (non-hydrogen) atoms. The van der Waals surface area contributed by atoms with Gasteiger partial charge in [0.1, 0.15) is 6.29 Å². The van der Waals surface area contributed by atoms with E-state index in [1.165, 1.54) is 7.11 Å². The molecule has 0 saturated heterocycles. The maximum absolute atomic E-state index is 11.4. The van der Waals surface area contributed by atoms with Crippen molar-refractivity contribution in [3.05, 3.63) is 17.5 Å². The number of hydrogen-bond acceptors (Lipinski definition) is 4. The van der Waals surface area contributed by atoms with E-state index in [1.54, 1.807) is 10.9 Å². The van der Waals surface area contributed by atoms with Gasteiger partial charge in [-0.15, -0.1) is 0 Å².